The molecular formula is C23H22N2O4. The summed E-state index contributed by atoms with van der Waals surface area (Å²) in [6.45, 7) is 1.46. The highest BCUT2D eigenvalue weighted by atomic mass is 16.5. The summed E-state index contributed by atoms with van der Waals surface area (Å²) in [7, 11) is 3.22. The van der Waals surface area contributed by atoms with E-state index in [1.165, 1.54) is 0 Å². The molecule has 2 heterocycles. The number of aromatic nitrogens is 1. The molecule has 1 aliphatic heterocycles. The van der Waals surface area contributed by atoms with E-state index in [0.717, 1.165) is 22.4 Å². The third kappa shape index (κ3) is 4.01. The van der Waals surface area contributed by atoms with Crippen LogP contribution in [0.3, 0.4) is 0 Å². The van der Waals surface area contributed by atoms with Crippen LogP contribution in [0.25, 0.3) is 11.1 Å². The van der Waals surface area contributed by atoms with Crippen molar-refractivity contribution in [2.24, 2.45) is 0 Å². The number of fused-ring (bicyclic) bond motifs is 1. The lowest BCUT2D eigenvalue weighted by molar-refractivity contribution is 0.0743. The monoisotopic (exact) mass is 390 g/mol. The molecule has 1 amide bonds. The SMILES string of the molecule is COc1cccc(CN2CCOc3cc(-c4ccnc(OC)c4)ccc3C2=O)c1. The number of hydrogen-bond donors (Lipinski definition) is 0. The van der Waals surface area contributed by atoms with Gasteiger partial charge in [-0.2, -0.15) is 0 Å². The third-order valence-corrected chi connectivity index (χ3v) is 4.90. The van der Waals surface area contributed by atoms with E-state index in [4.69, 9.17) is 14.2 Å². The highest BCUT2D eigenvalue weighted by molar-refractivity contribution is 5.98. The van der Waals surface area contributed by atoms with Gasteiger partial charge in [-0.25, -0.2) is 4.98 Å². The second-order valence-corrected chi connectivity index (χ2v) is 6.72. The molecule has 1 aromatic heterocycles. The Bertz CT molecular complexity index is 1030. The van der Waals surface area contributed by atoms with Crippen LogP contribution in [0, 0.1) is 0 Å². The number of methoxy groups -OCH3 is 2. The van der Waals surface area contributed by atoms with E-state index >= 15 is 0 Å². The fourth-order valence-electron chi connectivity index (χ4n) is 3.38. The summed E-state index contributed by atoms with van der Waals surface area (Å²) >= 11 is 0. The molecule has 0 spiro atoms. The van der Waals surface area contributed by atoms with Crippen LogP contribution in [0.5, 0.6) is 17.4 Å². The summed E-state index contributed by atoms with van der Waals surface area (Å²) < 4.78 is 16.4. The van der Waals surface area contributed by atoms with Crippen molar-refractivity contribution < 1.29 is 19.0 Å². The lowest BCUT2D eigenvalue weighted by atomic mass is 10.0. The standard InChI is InChI=1S/C23H22N2O4/c1-27-19-5-3-4-16(12-19)15-25-10-11-29-21-13-17(6-7-20(21)23(25)26)18-8-9-24-22(14-18)28-2/h3-9,12-14H,10-11,15H2,1-2H3. The molecular weight excluding hydrogens is 368 g/mol. The van der Waals surface area contributed by atoms with Crippen molar-refractivity contribution in [1.29, 1.82) is 0 Å². The Balaban J connectivity index is 1.60. The molecule has 0 atom stereocenters. The summed E-state index contributed by atoms with van der Waals surface area (Å²) in [6.07, 6.45) is 1.70. The smallest absolute Gasteiger partial charge is 0.258 e. The van der Waals surface area contributed by atoms with Crippen molar-refractivity contribution in [3.8, 4) is 28.5 Å². The molecule has 6 nitrogen and oxygen atoms in total. The predicted molar refractivity (Wildman–Crippen MR) is 109 cm³/mol. The number of ether oxygens (including phenoxy) is 3. The van der Waals surface area contributed by atoms with Crippen molar-refractivity contribution in [3.05, 3.63) is 71.9 Å². The molecule has 0 fully saturated rings. The molecule has 0 saturated carbocycles. The summed E-state index contributed by atoms with van der Waals surface area (Å²) in [4.78, 5) is 19.1. The summed E-state index contributed by atoms with van der Waals surface area (Å²) in [5, 5.41) is 0. The zero-order valence-electron chi connectivity index (χ0n) is 16.4. The zero-order valence-corrected chi connectivity index (χ0v) is 16.4. The van der Waals surface area contributed by atoms with Gasteiger partial charge in [-0.05, 0) is 47.0 Å². The van der Waals surface area contributed by atoms with Crippen LogP contribution in [-0.4, -0.2) is 43.2 Å². The molecule has 3 aromatic rings. The minimum atomic E-state index is -0.0424. The van der Waals surface area contributed by atoms with Crippen molar-refractivity contribution in [3.63, 3.8) is 0 Å². The first kappa shape index (κ1) is 18.8. The number of amides is 1. The molecule has 0 bridgehead atoms. The molecule has 4 rings (SSSR count). The molecule has 2 aromatic carbocycles. The van der Waals surface area contributed by atoms with Crippen LogP contribution in [0.1, 0.15) is 15.9 Å². The summed E-state index contributed by atoms with van der Waals surface area (Å²) in [5.41, 5.74) is 3.48. The second-order valence-electron chi connectivity index (χ2n) is 6.72. The molecule has 1 aliphatic rings. The molecule has 0 aliphatic carbocycles. The average molecular weight is 390 g/mol. The van der Waals surface area contributed by atoms with Crippen LogP contribution in [0.4, 0.5) is 0 Å². The van der Waals surface area contributed by atoms with Gasteiger partial charge >= 0.3 is 0 Å². The van der Waals surface area contributed by atoms with E-state index in [2.05, 4.69) is 4.98 Å². The maximum Gasteiger partial charge on any atom is 0.258 e. The molecule has 148 valence electrons. The number of nitrogens with zero attached hydrogens (tertiary/aromatic N) is 2. The maximum atomic E-state index is 13.1. The van der Waals surface area contributed by atoms with Gasteiger partial charge in [0.2, 0.25) is 5.88 Å². The molecule has 0 unspecified atom stereocenters. The molecule has 29 heavy (non-hydrogen) atoms. The number of carbonyl (C=O) groups excluding carboxylic acids is 1. The van der Waals surface area contributed by atoms with Gasteiger partial charge in [0.15, 0.2) is 0 Å². The van der Waals surface area contributed by atoms with Crippen LogP contribution in [-0.2, 0) is 6.54 Å². The minimum absolute atomic E-state index is 0.0424. The molecule has 0 saturated heterocycles. The van der Waals surface area contributed by atoms with E-state index < -0.39 is 0 Å². The zero-order chi connectivity index (χ0) is 20.2. The van der Waals surface area contributed by atoms with Crippen molar-refractivity contribution in [2.45, 2.75) is 6.54 Å². The largest absolute Gasteiger partial charge is 0.497 e. The van der Waals surface area contributed by atoms with Gasteiger partial charge < -0.3 is 19.1 Å². The van der Waals surface area contributed by atoms with Gasteiger partial charge in [-0.3, -0.25) is 4.79 Å². The van der Waals surface area contributed by atoms with E-state index in [0.29, 0.717) is 36.9 Å². The number of carbonyl (C=O) groups is 1. The van der Waals surface area contributed by atoms with E-state index in [-0.39, 0.29) is 5.91 Å². The fourth-order valence-corrected chi connectivity index (χ4v) is 3.38. The Kier molecular flexibility index (Phi) is 5.33. The van der Waals surface area contributed by atoms with E-state index in [1.54, 1.807) is 25.3 Å². The summed E-state index contributed by atoms with van der Waals surface area (Å²) in [5.74, 6) is 1.87. The van der Waals surface area contributed by atoms with Crippen LogP contribution in [0.2, 0.25) is 0 Å². The topological polar surface area (TPSA) is 60.9 Å². The second kappa shape index (κ2) is 8.22. The highest BCUT2D eigenvalue weighted by Gasteiger charge is 2.24. The molecule has 6 heteroatoms. The number of pyridine rings is 1. The first-order valence-corrected chi connectivity index (χ1v) is 9.37. The van der Waals surface area contributed by atoms with Crippen LogP contribution in [0.15, 0.2) is 60.8 Å². The Morgan fingerprint density at radius 1 is 1.03 bits per heavy atom. The molecule has 0 N–H and O–H groups in total. The Morgan fingerprint density at radius 3 is 2.72 bits per heavy atom. The fraction of sp³-hybridized carbons (Fsp3) is 0.217. The lowest BCUT2D eigenvalue weighted by Crippen LogP contribution is -2.31. The van der Waals surface area contributed by atoms with Gasteiger partial charge in [0, 0.05) is 18.8 Å². The first-order valence-electron chi connectivity index (χ1n) is 9.37. The van der Waals surface area contributed by atoms with Crippen molar-refractivity contribution in [1.82, 2.24) is 9.88 Å². The van der Waals surface area contributed by atoms with Crippen LogP contribution < -0.4 is 14.2 Å². The van der Waals surface area contributed by atoms with E-state index in [9.17, 15) is 4.79 Å². The highest BCUT2D eigenvalue weighted by Crippen LogP contribution is 2.31. The number of rotatable bonds is 5. The third-order valence-electron chi connectivity index (χ3n) is 4.90. The van der Waals surface area contributed by atoms with Gasteiger partial charge in [-0.1, -0.05) is 18.2 Å². The van der Waals surface area contributed by atoms with Crippen molar-refractivity contribution in [2.75, 3.05) is 27.4 Å². The van der Waals surface area contributed by atoms with Gasteiger partial charge in [0.25, 0.3) is 5.91 Å². The lowest BCUT2D eigenvalue weighted by Gasteiger charge is -2.20. The Labute approximate surface area is 169 Å². The van der Waals surface area contributed by atoms with Gasteiger partial charge in [-0.15, -0.1) is 0 Å². The van der Waals surface area contributed by atoms with E-state index in [1.807, 2.05) is 54.6 Å². The average Bonchev–Trinajstić information content (AvgIpc) is 2.92. The quantitative estimate of drug-likeness (QED) is 0.663. The predicted octanol–water partition coefficient (Wildman–Crippen LogP) is 3.80. The van der Waals surface area contributed by atoms with Gasteiger partial charge in [0.1, 0.15) is 18.1 Å². The normalized spacial score (nSPS) is 13.3. The Hall–Kier alpha value is -3.54. The summed E-state index contributed by atoms with van der Waals surface area (Å²) in [6, 6.07) is 17.2. The maximum absolute atomic E-state index is 13.1. The number of benzene rings is 2. The first-order chi connectivity index (χ1) is 14.2. The Morgan fingerprint density at radius 2 is 1.90 bits per heavy atom. The van der Waals surface area contributed by atoms with Gasteiger partial charge in [0.05, 0.1) is 26.3 Å². The van der Waals surface area contributed by atoms with Crippen LogP contribution >= 0.6 is 0 Å². The van der Waals surface area contributed by atoms with Crippen molar-refractivity contribution >= 4 is 5.91 Å². The molecule has 0 radical (unpaired) electrons. The minimum Gasteiger partial charge on any atom is -0.497 e. The number of hydrogen-bond acceptors (Lipinski definition) is 5.